The number of hydrogen-bond donors (Lipinski definition) is 1. The van der Waals surface area contributed by atoms with Crippen LogP contribution in [-0.2, 0) is 0 Å². The van der Waals surface area contributed by atoms with Crippen molar-refractivity contribution in [1.29, 1.82) is 0 Å². The molecule has 1 aliphatic carbocycles. The topological polar surface area (TPSA) is 90.5 Å². The van der Waals surface area contributed by atoms with E-state index in [1.165, 1.54) is 17.4 Å². The van der Waals surface area contributed by atoms with Crippen molar-refractivity contribution < 1.29 is 9.18 Å². The lowest BCUT2D eigenvalue weighted by Crippen LogP contribution is -2.38. The molecule has 36 heavy (non-hydrogen) atoms. The van der Waals surface area contributed by atoms with Crippen molar-refractivity contribution in [2.24, 2.45) is 0 Å². The Morgan fingerprint density at radius 2 is 2.08 bits per heavy atom. The summed E-state index contributed by atoms with van der Waals surface area (Å²) in [4.78, 5) is 22.8. The van der Waals surface area contributed by atoms with Gasteiger partial charge in [0.15, 0.2) is 5.82 Å². The van der Waals surface area contributed by atoms with E-state index >= 15 is 0 Å². The number of nitrogens with one attached hydrogen (secondary N) is 1. The lowest BCUT2D eigenvalue weighted by atomic mass is 9.90. The second-order valence-corrected chi connectivity index (χ2v) is 11.2. The van der Waals surface area contributed by atoms with Crippen LogP contribution in [0.2, 0.25) is 0 Å². The van der Waals surface area contributed by atoms with Gasteiger partial charge in [0, 0.05) is 18.2 Å². The number of amides is 1. The molecule has 0 radical (unpaired) electrons. The highest BCUT2D eigenvalue weighted by Gasteiger charge is 2.29. The van der Waals surface area contributed by atoms with E-state index in [1.54, 1.807) is 35.4 Å². The van der Waals surface area contributed by atoms with Gasteiger partial charge in [-0.1, -0.05) is 17.3 Å². The predicted molar refractivity (Wildman–Crippen MR) is 139 cm³/mol. The molecule has 8 nitrogen and oxygen atoms in total. The number of thiophene rings is 1. The molecule has 0 saturated heterocycles. The fourth-order valence-electron chi connectivity index (χ4n) is 4.87. The first-order valence-electron chi connectivity index (χ1n) is 11.6. The number of benzene rings is 1. The van der Waals surface area contributed by atoms with Crippen LogP contribution in [-0.4, -0.2) is 41.5 Å². The molecule has 0 aliphatic heterocycles. The van der Waals surface area contributed by atoms with Gasteiger partial charge in [0.25, 0.3) is 5.91 Å². The quantitative estimate of drug-likeness (QED) is 0.301. The summed E-state index contributed by atoms with van der Waals surface area (Å²) in [5.74, 6) is 0.756. The van der Waals surface area contributed by atoms with Crippen LogP contribution in [0, 0.1) is 5.82 Å². The van der Waals surface area contributed by atoms with Crippen molar-refractivity contribution in [2.75, 3.05) is 0 Å². The highest BCUT2D eigenvalue weighted by Crippen LogP contribution is 2.37. The SMILES string of the molecule is O=C(N[C@H]1CCC[C@@H](n2c(-c3ccccc3F)nc3cnc(-n4ccnn4)cc32)C1)c1ccc(Br)s1. The maximum atomic E-state index is 14.9. The number of rotatable bonds is 5. The van der Waals surface area contributed by atoms with Crippen LogP contribution in [0.1, 0.15) is 41.4 Å². The molecule has 1 N–H and O–H groups in total. The maximum absolute atomic E-state index is 14.9. The molecule has 0 spiro atoms. The standard InChI is InChI=1S/C25H21BrFN7OS/c26-22-9-8-21(36-22)25(35)30-15-4-3-5-16(12-15)34-20-13-23(33-11-10-29-32-33)28-14-19(20)31-24(34)17-6-1-2-7-18(17)27/h1-2,6-11,13-16H,3-5,12H2,(H,30,35)/t15-,16+/m0/s1. The van der Waals surface area contributed by atoms with Gasteiger partial charge in [-0.3, -0.25) is 4.79 Å². The molecule has 1 aliphatic rings. The van der Waals surface area contributed by atoms with Crippen LogP contribution in [0.25, 0.3) is 28.2 Å². The number of aromatic nitrogens is 6. The molecule has 1 amide bonds. The summed E-state index contributed by atoms with van der Waals surface area (Å²) in [7, 11) is 0. The smallest absolute Gasteiger partial charge is 0.261 e. The van der Waals surface area contributed by atoms with Gasteiger partial charge in [-0.25, -0.2) is 19.0 Å². The first kappa shape index (κ1) is 23.0. The Morgan fingerprint density at radius 3 is 2.86 bits per heavy atom. The number of halogens is 2. The fraction of sp³-hybridized carbons (Fsp3) is 0.240. The molecule has 4 aromatic heterocycles. The summed E-state index contributed by atoms with van der Waals surface area (Å²) >= 11 is 4.84. The number of hydrogen-bond acceptors (Lipinski definition) is 6. The molecule has 1 aromatic carbocycles. The minimum Gasteiger partial charge on any atom is -0.349 e. The van der Waals surface area contributed by atoms with Crippen molar-refractivity contribution >= 4 is 44.2 Å². The lowest BCUT2D eigenvalue weighted by Gasteiger charge is -2.32. The molecule has 5 aromatic rings. The number of carbonyl (C=O) groups is 1. The zero-order chi connectivity index (χ0) is 24.6. The van der Waals surface area contributed by atoms with E-state index in [-0.39, 0.29) is 23.8 Å². The molecule has 0 unspecified atom stereocenters. The minimum absolute atomic E-state index is 0.000307. The molecule has 6 rings (SSSR count). The van der Waals surface area contributed by atoms with E-state index in [0.29, 0.717) is 34.0 Å². The Morgan fingerprint density at radius 1 is 1.19 bits per heavy atom. The first-order chi connectivity index (χ1) is 17.6. The van der Waals surface area contributed by atoms with Gasteiger partial charge < -0.3 is 9.88 Å². The Balaban J connectivity index is 1.40. The Kier molecular flexibility index (Phi) is 6.10. The number of pyridine rings is 1. The second kappa shape index (κ2) is 9.55. The van der Waals surface area contributed by atoms with Crippen LogP contribution in [0.4, 0.5) is 4.39 Å². The van der Waals surface area contributed by atoms with Crippen LogP contribution in [0.3, 0.4) is 0 Å². The average molecular weight is 566 g/mol. The average Bonchev–Trinajstić information content (AvgIpc) is 3.64. The summed E-state index contributed by atoms with van der Waals surface area (Å²) in [6.07, 6.45) is 8.43. The third-order valence-electron chi connectivity index (χ3n) is 6.48. The lowest BCUT2D eigenvalue weighted by molar-refractivity contribution is 0.0925. The molecule has 1 fully saturated rings. The van der Waals surface area contributed by atoms with Gasteiger partial charge in [0.2, 0.25) is 0 Å². The molecule has 1 saturated carbocycles. The van der Waals surface area contributed by atoms with E-state index in [0.717, 1.165) is 28.6 Å². The highest BCUT2D eigenvalue weighted by atomic mass is 79.9. The number of imidazole rings is 1. The molecular weight excluding hydrogens is 545 g/mol. The summed E-state index contributed by atoms with van der Waals surface area (Å²) in [5, 5.41) is 11.1. The summed E-state index contributed by atoms with van der Waals surface area (Å²) in [6, 6.07) is 12.3. The van der Waals surface area contributed by atoms with Gasteiger partial charge in [-0.2, -0.15) is 0 Å². The first-order valence-corrected chi connectivity index (χ1v) is 13.2. The van der Waals surface area contributed by atoms with Gasteiger partial charge in [-0.05, 0) is 65.9 Å². The zero-order valence-electron chi connectivity index (χ0n) is 19.0. The number of fused-ring (bicyclic) bond motifs is 1. The van der Waals surface area contributed by atoms with Crippen molar-refractivity contribution in [1.82, 2.24) is 34.8 Å². The summed E-state index contributed by atoms with van der Waals surface area (Å²) in [5.41, 5.74) is 1.95. The predicted octanol–water partition coefficient (Wildman–Crippen LogP) is 5.56. The Bertz CT molecular complexity index is 1550. The summed E-state index contributed by atoms with van der Waals surface area (Å²) in [6.45, 7) is 0. The Labute approximate surface area is 218 Å². The van der Waals surface area contributed by atoms with Gasteiger partial charge in [0.1, 0.15) is 17.2 Å². The molecule has 0 bridgehead atoms. The van der Waals surface area contributed by atoms with Gasteiger partial charge in [0.05, 0.1) is 38.3 Å². The van der Waals surface area contributed by atoms with Crippen molar-refractivity contribution in [3.63, 3.8) is 0 Å². The molecule has 2 atom stereocenters. The van der Waals surface area contributed by atoms with E-state index in [9.17, 15) is 9.18 Å². The molecular formula is C25H21BrFN7OS. The molecule has 182 valence electrons. The molecule has 11 heteroatoms. The third kappa shape index (κ3) is 4.33. The van der Waals surface area contributed by atoms with Crippen LogP contribution in [0.15, 0.2) is 64.8 Å². The second-order valence-electron chi connectivity index (χ2n) is 8.76. The largest absolute Gasteiger partial charge is 0.349 e. The van der Waals surface area contributed by atoms with E-state index in [4.69, 9.17) is 4.98 Å². The van der Waals surface area contributed by atoms with E-state index in [1.807, 2.05) is 24.3 Å². The van der Waals surface area contributed by atoms with Crippen LogP contribution < -0.4 is 5.32 Å². The van der Waals surface area contributed by atoms with Crippen LogP contribution in [0.5, 0.6) is 0 Å². The van der Waals surface area contributed by atoms with Crippen molar-refractivity contribution in [2.45, 2.75) is 37.8 Å². The maximum Gasteiger partial charge on any atom is 0.261 e. The van der Waals surface area contributed by atoms with E-state index in [2.05, 4.69) is 41.1 Å². The zero-order valence-corrected chi connectivity index (χ0v) is 21.4. The monoisotopic (exact) mass is 565 g/mol. The van der Waals surface area contributed by atoms with Crippen molar-refractivity contribution in [3.8, 4) is 17.2 Å². The number of carbonyl (C=O) groups excluding carboxylic acids is 1. The normalized spacial score (nSPS) is 17.9. The fourth-order valence-corrected chi connectivity index (χ4v) is 6.16. The minimum atomic E-state index is -0.331. The van der Waals surface area contributed by atoms with Gasteiger partial charge in [-0.15, -0.1) is 16.4 Å². The van der Waals surface area contributed by atoms with Gasteiger partial charge >= 0.3 is 0 Å². The third-order valence-corrected chi connectivity index (χ3v) is 8.10. The molecule has 4 heterocycles. The van der Waals surface area contributed by atoms with Crippen molar-refractivity contribution in [3.05, 3.63) is 75.5 Å². The Hall–Kier alpha value is -3.44. The highest BCUT2D eigenvalue weighted by molar-refractivity contribution is 9.11. The number of nitrogens with zero attached hydrogens (tertiary/aromatic N) is 6. The summed E-state index contributed by atoms with van der Waals surface area (Å²) < 4.78 is 19.6. The van der Waals surface area contributed by atoms with E-state index < -0.39 is 0 Å². The van der Waals surface area contributed by atoms with Crippen LogP contribution >= 0.6 is 27.3 Å².